The summed E-state index contributed by atoms with van der Waals surface area (Å²) in [6, 6.07) is 15.1. The number of hydrogen-bond donors (Lipinski definition) is 0. The largest absolute Gasteiger partial charge is 0.497 e. The van der Waals surface area contributed by atoms with E-state index in [1.165, 1.54) is 22.4 Å². The lowest BCUT2D eigenvalue weighted by Crippen LogP contribution is -2.46. The van der Waals surface area contributed by atoms with Crippen molar-refractivity contribution >= 4 is 5.69 Å². The second-order valence-corrected chi connectivity index (χ2v) is 6.40. The normalized spacial score (nSPS) is 15.7. The number of nitrogens with zero attached hydrogens (tertiary/aromatic N) is 2. The third-order valence-electron chi connectivity index (χ3n) is 4.62. The van der Waals surface area contributed by atoms with E-state index in [1.54, 1.807) is 7.11 Å². The van der Waals surface area contributed by atoms with E-state index in [0.717, 1.165) is 38.5 Å². The molecule has 2 aromatic rings. The molecule has 0 N–H and O–H groups in total. The van der Waals surface area contributed by atoms with Crippen LogP contribution >= 0.6 is 0 Å². The van der Waals surface area contributed by atoms with Crippen molar-refractivity contribution in [3.05, 3.63) is 59.2 Å². The second kappa shape index (κ2) is 7.05. The summed E-state index contributed by atoms with van der Waals surface area (Å²) in [6.07, 6.45) is 0. The molecule has 0 aromatic heterocycles. The first-order valence-corrected chi connectivity index (χ1v) is 8.33. The van der Waals surface area contributed by atoms with Gasteiger partial charge in [0.1, 0.15) is 5.75 Å². The zero-order valence-corrected chi connectivity index (χ0v) is 14.4. The molecule has 0 amide bonds. The minimum atomic E-state index is 0.941. The molecule has 0 saturated carbocycles. The molecule has 3 heteroatoms. The summed E-state index contributed by atoms with van der Waals surface area (Å²) in [5.41, 5.74) is 5.43. The zero-order valence-electron chi connectivity index (χ0n) is 14.4. The first-order chi connectivity index (χ1) is 11.2. The van der Waals surface area contributed by atoms with Crippen LogP contribution in [-0.4, -0.2) is 38.2 Å². The Bertz CT molecular complexity index is 660. The summed E-state index contributed by atoms with van der Waals surface area (Å²) in [5.74, 6) is 0.941. The average molecular weight is 310 g/mol. The van der Waals surface area contributed by atoms with E-state index in [1.807, 2.05) is 6.07 Å². The van der Waals surface area contributed by atoms with Crippen LogP contribution in [0.25, 0.3) is 0 Å². The van der Waals surface area contributed by atoms with Gasteiger partial charge in [-0.1, -0.05) is 24.3 Å². The number of piperazine rings is 1. The fourth-order valence-corrected chi connectivity index (χ4v) is 3.24. The number of aryl methyl sites for hydroxylation is 2. The van der Waals surface area contributed by atoms with Crippen molar-refractivity contribution in [3.63, 3.8) is 0 Å². The van der Waals surface area contributed by atoms with Crippen molar-refractivity contribution in [2.24, 2.45) is 0 Å². The van der Waals surface area contributed by atoms with E-state index >= 15 is 0 Å². The van der Waals surface area contributed by atoms with E-state index in [0.29, 0.717) is 0 Å². The molecule has 0 spiro atoms. The third-order valence-corrected chi connectivity index (χ3v) is 4.62. The van der Waals surface area contributed by atoms with Crippen molar-refractivity contribution in [3.8, 4) is 5.75 Å². The maximum atomic E-state index is 5.32. The van der Waals surface area contributed by atoms with Crippen LogP contribution in [0.15, 0.2) is 42.5 Å². The topological polar surface area (TPSA) is 15.7 Å². The summed E-state index contributed by atoms with van der Waals surface area (Å²) in [7, 11) is 1.72. The van der Waals surface area contributed by atoms with Gasteiger partial charge in [-0.2, -0.15) is 0 Å². The van der Waals surface area contributed by atoms with E-state index in [2.05, 4.69) is 60.0 Å². The predicted octanol–water partition coefficient (Wildman–Crippen LogP) is 3.63. The Labute approximate surface area is 139 Å². The van der Waals surface area contributed by atoms with E-state index in [-0.39, 0.29) is 0 Å². The van der Waals surface area contributed by atoms with Gasteiger partial charge in [-0.15, -0.1) is 0 Å². The highest BCUT2D eigenvalue weighted by molar-refractivity contribution is 5.55. The molecule has 0 aliphatic carbocycles. The quantitative estimate of drug-likeness (QED) is 0.857. The van der Waals surface area contributed by atoms with E-state index in [4.69, 9.17) is 4.74 Å². The van der Waals surface area contributed by atoms with Crippen molar-refractivity contribution < 1.29 is 4.74 Å². The summed E-state index contributed by atoms with van der Waals surface area (Å²) >= 11 is 0. The van der Waals surface area contributed by atoms with Crippen molar-refractivity contribution in [1.29, 1.82) is 0 Å². The van der Waals surface area contributed by atoms with Gasteiger partial charge in [-0.05, 0) is 48.7 Å². The van der Waals surface area contributed by atoms with Crippen LogP contribution in [-0.2, 0) is 6.54 Å². The SMILES string of the molecule is COc1cccc(CN2CCN(c3cc(C)ccc3C)CC2)c1. The van der Waals surface area contributed by atoms with Crippen LogP contribution < -0.4 is 9.64 Å². The van der Waals surface area contributed by atoms with Gasteiger partial charge in [0, 0.05) is 38.4 Å². The minimum absolute atomic E-state index is 0.941. The highest BCUT2D eigenvalue weighted by Gasteiger charge is 2.18. The number of anilines is 1. The zero-order chi connectivity index (χ0) is 16.2. The van der Waals surface area contributed by atoms with Crippen LogP contribution in [0.3, 0.4) is 0 Å². The van der Waals surface area contributed by atoms with Gasteiger partial charge in [0.2, 0.25) is 0 Å². The molecule has 23 heavy (non-hydrogen) atoms. The van der Waals surface area contributed by atoms with Gasteiger partial charge in [0.05, 0.1) is 7.11 Å². The molecular formula is C20H26N2O. The predicted molar refractivity (Wildman–Crippen MR) is 96.4 cm³/mol. The summed E-state index contributed by atoms with van der Waals surface area (Å²) in [4.78, 5) is 5.04. The molecule has 0 bridgehead atoms. The molecule has 0 atom stereocenters. The lowest BCUT2D eigenvalue weighted by atomic mass is 10.1. The molecule has 1 aliphatic heterocycles. The first-order valence-electron chi connectivity index (χ1n) is 8.33. The molecule has 2 aromatic carbocycles. The standard InChI is InChI=1S/C20H26N2O/c1-16-7-8-17(2)20(13-16)22-11-9-21(10-12-22)15-18-5-4-6-19(14-18)23-3/h4-8,13-14H,9-12,15H2,1-3H3. The number of ether oxygens (including phenoxy) is 1. The third kappa shape index (κ3) is 3.85. The van der Waals surface area contributed by atoms with Crippen molar-refractivity contribution in [2.75, 3.05) is 38.2 Å². The molecule has 3 rings (SSSR count). The van der Waals surface area contributed by atoms with Gasteiger partial charge >= 0.3 is 0 Å². The van der Waals surface area contributed by atoms with Gasteiger partial charge in [-0.3, -0.25) is 4.90 Å². The number of benzene rings is 2. The molecular weight excluding hydrogens is 284 g/mol. The van der Waals surface area contributed by atoms with Crippen LogP contribution in [0, 0.1) is 13.8 Å². The van der Waals surface area contributed by atoms with Crippen molar-refractivity contribution in [2.45, 2.75) is 20.4 Å². The Morgan fingerprint density at radius 3 is 2.48 bits per heavy atom. The van der Waals surface area contributed by atoms with Gasteiger partial charge in [0.25, 0.3) is 0 Å². The maximum absolute atomic E-state index is 5.32. The lowest BCUT2D eigenvalue weighted by Gasteiger charge is -2.37. The fraction of sp³-hybridized carbons (Fsp3) is 0.400. The Kier molecular flexibility index (Phi) is 4.87. The molecule has 3 nitrogen and oxygen atoms in total. The van der Waals surface area contributed by atoms with Crippen LogP contribution in [0.4, 0.5) is 5.69 Å². The number of rotatable bonds is 4. The fourth-order valence-electron chi connectivity index (χ4n) is 3.24. The second-order valence-electron chi connectivity index (χ2n) is 6.40. The molecule has 1 saturated heterocycles. The van der Waals surface area contributed by atoms with Gasteiger partial charge in [-0.25, -0.2) is 0 Å². The number of hydrogen-bond acceptors (Lipinski definition) is 3. The molecule has 1 heterocycles. The monoisotopic (exact) mass is 310 g/mol. The van der Waals surface area contributed by atoms with Gasteiger partial charge in [0.15, 0.2) is 0 Å². The number of methoxy groups -OCH3 is 1. The molecule has 0 radical (unpaired) electrons. The molecule has 0 unspecified atom stereocenters. The summed E-state index contributed by atoms with van der Waals surface area (Å²) < 4.78 is 5.32. The maximum Gasteiger partial charge on any atom is 0.119 e. The smallest absolute Gasteiger partial charge is 0.119 e. The summed E-state index contributed by atoms with van der Waals surface area (Å²) in [6.45, 7) is 9.76. The highest BCUT2D eigenvalue weighted by atomic mass is 16.5. The van der Waals surface area contributed by atoms with E-state index in [9.17, 15) is 0 Å². The van der Waals surface area contributed by atoms with E-state index < -0.39 is 0 Å². The Morgan fingerprint density at radius 2 is 1.74 bits per heavy atom. The molecule has 122 valence electrons. The highest BCUT2D eigenvalue weighted by Crippen LogP contribution is 2.23. The van der Waals surface area contributed by atoms with Gasteiger partial charge < -0.3 is 9.64 Å². The Morgan fingerprint density at radius 1 is 0.957 bits per heavy atom. The minimum Gasteiger partial charge on any atom is -0.497 e. The summed E-state index contributed by atoms with van der Waals surface area (Å²) in [5, 5.41) is 0. The first kappa shape index (κ1) is 15.9. The molecule has 1 aliphatic rings. The average Bonchev–Trinajstić information content (AvgIpc) is 2.58. The van der Waals surface area contributed by atoms with Crippen LogP contribution in [0.1, 0.15) is 16.7 Å². The Balaban J connectivity index is 1.61. The Hall–Kier alpha value is -2.00. The van der Waals surface area contributed by atoms with Crippen molar-refractivity contribution in [1.82, 2.24) is 4.90 Å². The molecule has 1 fully saturated rings. The lowest BCUT2D eigenvalue weighted by molar-refractivity contribution is 0.249. The van der Waals surface area contributed by atoms with Crippen LogP contribution in [0.5, 0.6) is 5.75 Å². The van der Waals surface area contributed by atoms with Crippen LogP contribution in [0.2, 0.25) is 0 Å².